The third-order valence-corrected chi connectivity index (χ3v) is 3.26. The van der Waals surface area contributed by atoms with Crippen molar-refractivity contribution >= 4 is 0 Å². The van der Waals surface area contributed by atoms with Gasteiger partial charge in [0.25, 0.3) is 0 Å². The highest BCUT2D eigenvalue weighted by atomic mass is 16.5. The Hall–Kier alpha value is -0.460. The van der Waals surface area contributed by atoms with Gasteiger partial charge in [0.1, 0.15) is 0 Å². The van der Waals surface area contributed by atoms with Crippen LogP contribution in [0.25, 0.3) is 0 Å². The Morgan fingerprint density at radius 1 is 0.667 bits per heavy atom. The lowest BCUT2D eigenvalue weighted by Gasteiger charge is -2.03. The highest BCUT2D eigenvalue weighted by Crippen LogP contribution is 1.94. The fourth-order valence-corrected chi connectivity index (χ4v) is 1.83. The summed E-state index contributed by atoms with van der Waals surface area (Å²) in [4.78, 5) is 0. The van der Waals surface area contributed by atoms with Crippen molar-refractivity contribution in [1.29, 1.82) is 0 Å². The minimum absolute atomic E-state index is 0. The van der Waals surface area contributed by atoms with Gasteiger partial charge in [0.2, 0.25) is 0 Å². The number of rotatable bonds is 18. The molecule has 0 saturated heterocycles. The van der Waals surface area contributed by atoms with E-state index < -0.39 is 0 Å². The van der Waals surface area contributed by atoms with Crippen LogP contribution in [0, 0.1) is 0 Å². The van der Waals surface area contributed by atoms with Crippen LogP contribution in [-0.2, 0) is 14.2 Å². The maximum absolute atomic E-state index is 5.44. The van der Waals surface area contributed by atoms with Crippen molar-refractivity contribution in [2.75, 3.05) is 65.8 Å². The van der Waals surface area contributed by atoms with Crippen molar-refractivity contribution in [1.82, 2.24) is 10.6 Å². The van der Waals surface area contributed by atoms with Gasteiger partial charge in [-0.1, -0.05) is 59.6 Å². The summed E-state index contributed by atoms with van der Waals surface area (Å²) >= 11 is 0. The van der Waals surface area contributed by atoms with Crippen molar-refractivity contribution in [2.24, 2.45) is 0 Å². The minimum Gasteiger partial charge on any atom is -0.381 e. The van der Waals surface area contributed by atoms with Gasteiger partial charge in [0.15, 0.2) is 0 Å². The maximum atomic E-state index is 5.44. The van der Waals surface area contributed by atoms with Gasteiger partial charge in [0.05, 0.1) is 19.8 Å². The van der Waals surface area contributed by atoms with Gasteiger partial charge < -0.3 is 24.8 Å². The zero-order valence-corrected chi connectivity index (χ0v) is 19.3. The molecule has 0 aromatic rings. The molecule has 0 aromatic carbocycles. The predicted molar refractivity (Wildman–Crippen MR) is 124 cm³/mol. The fraction of sp³-hybridized carbons (Fsp3) is 0.909. The highest BCUT2D eigenvalue weighted by Gasteiger charge is 1.88. The van der Waals surface area contributed by atoms with E-state index >= 15 is 0 Å². The summed E-state index contributed by atoms with van der Waals surface area (Å²) in [7, 11) is 0. The summed E-state index contributed by atoms with van der Waals surface area (Å²) in [6.07, 6.45) is 8.91. The molecule has 170 valence electrons. The Balaban J connectivity index is -0.000000115. The minimum atomic E-state index is 0. The number of unbranched alkanes of at least 4 members (excludes halogenated alkanes) is 2. The summed E-state index contributed by atoms with van der Waals surface area (Å²) in [6, 6.07) is 0. The van der Waals surface area contributed by atoms with Crippen LogP contribution < -0.4 is 10.6 Å². The highest BCUT2D eigenvalue weighted by molar-refractivity contribution is 4.80. The van der Waals surface area contributed by atoms with Crippen LogP contribution in [0.2, 0.25) is 0 Å². The Morgan fingerprint density at radius 2 is 1.26 bits per heavy atom. The molecule has 0 aliphatic carbocycles. The monoisotopic (exact) mass is 394 g/mol. The summed E-state index contributed by atoms with van der Waals surface area (Å²) in [6.45, 7) is 21.3. The van der Waals surface area contributed by atoms with Crippen LogP contribution in [0.3, 0.4) is 0 Å². The molecule has 0 radical (unpaired) electrons. The first-order valence-corrected chi connectivity index (χ1v) is 11.1. The van der Waals surface area contributed by atoms with Gasteiger partial charge in [-0.25, -0.2) is 0 Å². The molecule has 5 heteroatoms. The number of ether oxygens (including phenoxy) is 3. The molecule has 0 aliphatic heterocycles. The van der Waals surface area contributed by atoms with E-state index in [1.807, 2.05) is 32.9 Å². The molecule has 0 spiro atoms. The van der Waals surface area contributed by atoms with Crippen LogP contribution in [0.15, 0.2) is 12.2 Å². The molecule has 0 saturated carbocycles. The predicted octanol–water partition coefficient (Wildman–Crippen LogP) is 4.92. The molecule has 0 aromatic heterocycles. The van der Waals surface area contributed by atoms with E-state index in [0.29, 0.717) is 13.2 Å². The van der Waals surface area contributed by atoms with Gasteiger partial charge in [-0.3, -0.25) is 0 Å². The van der Waals surface area contributed by atoms with Crippen LogP contribution in [0.4, 0.5) is 0 Å². The third kappa shape index (κ3) is 41.2. The first-order chi connectivity index (χ1) is 13.3. The van der Waals surface area contributed by atoms with Crippen LogP contribution in [-0.4, -0.2) is 65.8 Å². The summed E-state index contributed by atoms with van der Waals surface area (Å²) in [5.41, 5.74) is 0. The molecule has 0 fully saturated rings. The molecule has 0 atom stereocenters. The zero-order valence-electron chi connectivity index (χ0n) is 19.3. The smallest absolute Gasteiger partial charge is 0.0648 e. The van der Waals surface area contributed by atoms with Crippen molar-refractivity contribution in [3.63, 3.8) is 0 Å². The second-order valence-electron chi connectivity index (χ2n) is 5.59. The fourth-order valence-electron chi connectivity index (χ4n) is 1.83. The first kappa shape index (κ1) is 31.2. The van der Waals surface area contributed by atoms with Crippen LogP contribution in [0.1, 0.15) is 70.1 Å². The second kappa shape index (κ2) is 36.5. The van der Waals surface area contributed by atoms with E-state index in [-0.39, 0.29) is 2.85 Å². The normalized spacial score (nSPS) is 10.3. The lowest BCUT2D eigenvalue weighted by Crippen LogP contribution is -2.18. The van der Waals surface area contributed by atoms with Crippen molar-refractivity contribution in [3.05, 3.63) is 12.2 Å². The molecule has 27 heavy (non-hydrogen) atoms. The summed E-state index contributed by atoms with van der Waals surface area (Å²) in [5.74, 6) is 0. The van der Waals surface area contributed by atoms with Gasteiger partial charge in [0, 0.05) is 29.2 Å². The number of nitrogens with one attached hydrogen (secondary N) is 2. The lowest BCUT2D eigenvalue weighted by molar-refractivity contribution is 0.128. The maximum Gasteiger partial charge on any atom is 0.0648 e. The van der Waals surface area contributed by atoms with Gasteiger partial charge >= 0.3 is 0 Å². The molecule has 5 nitrogen and oxygen atoms in total. The molecular weight excluding hydrogens is 340 g/mol. The Bertz CT molecular complexity index is 240. The van der Waals surface area contributed by atoms with E-state index in [1.54, 1.807) is 0 Å². The van der Waals surface area contributed by atoms with Gasteiger partial charge in [-0.15, -0.1) is 0 Å². The molecule has 0 rings (SSSR count). The third-order valence-electron chi connectivity index (χ3n) is 3.26. The molecule has 0 amide bonds. The Morgan fingerprint density at radius 3 is 1.85 bits per heavy atom. The summed E-state index contributed by atoms with van der Waals surface area (Å²) < 4.78 is 15.9. The van der Waals surface area contributed by atoms with Crippen LogP contribution >= 0.6 is 0 Å². The quantitative estimate of drug-likeness (QED) is 0.255. The Kier molecular flexibility index (Phi) is 42.2. The van der Waals surface area contributed by atoms with E-state index in [2.05, 4.69) is 31.4 Å². The topological polar surface area (TPSA) is 51.8 Å². The van der Waals surface area contributed by atoms with Crippen molar-refractivity contribution in [2.45, 2.75) is 67.2 Å². The average Bonchev–Trinajstić information content (AvgIpc) is 2.71. The van der Waals surface area contributed by atoms with E-state index in [0.717, 1.165) is 59.0 Å². The van der Waals surface area contributed by atoms with Crippen LogP contribution in [0.5, 0.6) is 0 Å². The SMILES string of the molecule is CC.CCCCCOCCCNCC.CCNCCOC/C=C\COCC.[HH].[HH]. The van der Waals surface area contributed by atoms with E-state index in [9.17, 15) is 0 Å². The largest absolute Gasteiger partial charge is 0.381 e. The molecular formula is C22H54N2O3. The Labute approximate surface area is 173 Å². The molecule has 0 aliphatic rings. The van der Waals surface area contributed by atoms with Gasteiger partial charge in [-0.05, 0) is 39.4 Å². The molecule has 0 bridgehead atoms. The first-order valence-electron chi connectivity index (χ1n) is 11.1. The molecule has 0 unspecified atom stereocenters. The number of hydrogen-bond acceptors (Lipinski definition) is 5. The second-order valence-corrected chi connectivity index (χ2v) is 5.59. The summed E-state index contributed by atoms with van der Waals surface area (Å²) in [5, 5.41) is 6.46. The standard InChI is InChI=1S/C10H21NO2.C10H23NO.C2H6.2H2/c1-3-11-7-10-13-9-6-5-8-12-4-2;1-3-5-6-9-12-10-7-8-11-4-2;1-2;;/h5-6,11H,3-4,7-10H2,1-2H3;11H,3-10H2,1-2H3;1-2H3;2*1H/b6-5-;;;;. The van der Waals surface area contributed by atoms with E-state index in [4.69, 9.17) is 14.2 Å². The lowest BCUT2D eigenvalue weighted by atomic mass is 10.3. The van der Waals surface area contributed by atoms with E-state index in [1.165, 1.54) is 19.3 Å². The molecule has 2 N–H and O–H groups in total. The number of likely N-dealkylation sites (N-methyl/N-ethyl adjacent to an activating group) is 1. The van der Waals surface area contributed by atoms with Crippen molar-refractivity contribution in [3.8, 4) is 0 Å². The number of hydrogen-bond donors (Lipinski definition) is 2. The zero-order chi connectivity index (χ0) is 20.8. The van der Waals surface area contributed by atoms with Gasteiger partial charge in [-0.2, -0.15) is 0 Å². The molecule has 0 heterocycles. The average molecular weight is 395 g/mol. The van der Waals surface area contributed by atoms with Crippen molar-refractivity contribution < 1.29 is 17.1 Å².